The van der Waals surface area contributed by atoms with Crippen LogP contribution in [0.1, 0.15) is 13.8 Å². The van der Waals surface area contributed by atoms with Gasteiger partial charge in [-0.2, -0.15) is 0 Å². The molecule has 2 aromatic rings. The minimum Gasteiger partial charge on any atom is -0.343 e. The Morgan fingerprint density at radius 1 is 1.44 bits per heavy atom. The summed E-state index contributed by atoms with van der Waals surface area (Å²) in [5.74, 6) is 0. The molecule has 1 saturated heterocycles. The highest BCUT2D eigenvalue weighted by Gasteiger charge is 2.24. The maximum Gasteiger partial charge on any atom is 0.186 e. The first-order chi connectivity index (χ1) is 8.63. The molecule has 96 valence electrons. The van der Waals surface area contributed by atoms with Gasteiger partial charge in [-0.15, -0.1) is 0 Å². The van der Waals surface area contributed by atoms with Crippen molar-refractivity contribution < 1.29 is 0 Å². The molecule has 1 aliphatic rings. The van der Waals surface area contributed by atoms with E-state index in [1.807, 2.05) is 18.2 Å². The molecule has 0 bridgehead atoms. The zero-order chi connectivity index (χ0) is 12.7. The number of thiazole rings is 1. The smallest absolute Gasteiger partial charge is 0.186 e. The average Bonchev–Trinajstić information content (AvgIpc) is 2.74. The number of rotatable bonds is 1. The van der Waals surface area contributed by atoms with E-state index in [-0.39, 0.29) is 0 Å². The van der Waals surface area contributed by atoms with Crippen LogP contribution in [0, 0.1) is 0 Å². The molecule has 1 aromatic heterocycles. The number of hydrogen-bond donors (Lipinski definition) is 1. The second-order valence-electron chi connectivity index (χ2n) is 4.92. The minimum atomic E-state index is 0.484. The summed E-state index contributed by atoms with van der Waals surface area (Å²) in [5, 5.41) is 5.37. The molecule has 18 heavy (non-hydrogen) atoms. The Bertz CT molecular complexity index is 568. The van der Waals surface area contributed by atoms with Crippen LogP contribution in [0.4, 0.5) is 5.13 Å². The lowest BCUT2D eigenvalue weighted by Gasteiger charge is -2.37. The Kier molecular flexibility index (Phi) is 3.18. The minimum absolute atomic E-state index is 0.484. The predicted molar refractivity (Wildman–Crippen MR) is 78.9 cm³/mol. The van der Waals surface area contributed by atoms with Crippen molar-refractivity contribution in [2.24, 2.45) is 0 Å². The van der Waals surface area contributed by atoms with Crippen LogP contribution in [-0.4, -0.2) is 30.2 Å². The molecule has 1 fully saturated rings. The summed E-state index contributed by atoms with van der Waals surface area (Å²) in [6, 6.07) is 6.88. The molecule has 0 amide bonds. The Hall–Kier alpha value is -0.840. The molecule has 5 heteroatoms. The van der Waals surface area contributed by atoms with Crippen LogP contribution in [0.15, 0.2) is 18.2 Å². The lowest BCUT2D eigenvalue weighted by molar-refractivity contribution is 0.425. The molecule has 0 saturated carbocycles. The zero-order valence-corrected chi connectivity index (χ0v) is 12.1. The number of aromatic nitrogens is 1. The molecule has 3 nitrogen and oxygen atoms in total. The summed E-state index contributed by atoms with van der Waals surface area (Å²) in [6.45, 7) is 6.47. The molecular weight excluding hydrogens is 266 g/mol. The maximum atomic E-state index is 6.02. The molecule has 2 heterocycles. The van der Waals surface area contributed by atoms with E-state index in [1.54, 1.807) is 11.3 Å². The van der Waals surface area contributed by atoms with Gasteiger partial charge in [0.1, 0.15) is 0 Å². The lowest BCUT2D eigenvalue weighted by Crippen LogP contribution is -2.54. The highest BCUT2D eigenvalue weighted by atomic mass is 35.5. The average molecular weight is 282 g/mol. The van der Waals surface area contributed by atoms with Crippen molar-refractivity contribution in [3.05, 3.63) is 23.2 Å². The molecular formula is C13H16ClN3S. The van der Waals surface area contributed by atoms with E-state index >= 15 is 0 Å². The number of piperazine rings is 1. The first kappa shape index (κ1) is 12.2. The number of nitrogens with one attached hydrogen (secondary N) is 1. The third kappa shape index (κ3) is 2.20. The summed E-state index contributed by atoms with van der Waals surface area (Å²) >= 11 is 7.75. The van der Waals surface area contributed by atoms with Crippen LogP contribution in [0.25, 0.3) is 10.2 Å². The van der Waals surface area contributed by atoms with Gasteiger partial charge in [-0.05, 0) is 32.0 Å². The SMILES string of the molecule is CC1CN(c2nc3ccc(Cl)cc3s2)C(C)CN1. The Morgan fingerprint density at radius 2 is 2.28 bits per heavy atom. The quantitative estimate of drug-likeness (QED) is 0.870. The lowest BCUT2D eigenvalue weighted by atomic mass is 10.1. The topological polar surface area (TPSA) is 28.2 Å². The Balaban J connectivity index is 1.97. The normalized spacial score (nSPS) is 24.7. The summed E-state index contributed by atoms with van der Waals surface area (Å²) in [7, 11) is 0. The third-order valence-corrected chi connectivity index (χ3v) is 4.64. The summed E-state index contributed by atoms with van der Waals surface area (Å²) < 4.78 is 1.16. The van der Waals surface area contributed by atoms with Gasteiger partial charge in [0, 0.05) is 30.2 Å². The van der Waals surface area contributed by atoms with Crippen molar-refractivity contribution in [1.82, 2.24) is 10.3 Å². The standard InChI is InChI=1S/C13H16ClN3S/c1-8-7-17(9(2)6-15-8)13-16-11-4-3-10(14)5-12(11)18-13/h3-5,8-9,15H,6-7H2,1-2H3. The van der Waals surface area contributed by atoms with Gasteiger partial charge in [0.05, 0.1) is 10.2 Å². The molecule has 0 radical (unpaired) electrons. The molecule has 1 aromatic carbocycles. The number of nitrogens with zero attached hydrogens (tertiary/aromatic N) is 2. The summed E-state index contributed by atoms with van der Waals surface area (Å²) in [6.07, 6.45) is 0. The maximum absolute atomic E-state index is 6.02. The van der Waals surface area contributed by atoms with Gasteiger partial charge >= 0.3 is 0 Å². The van der Waals surface area contributed by atoms with Crippen LogP contribution < -0.4 is 10.2 Å². The van der Waals surface area contributed by atoms with Crippen LogP contribution in [-0.2, 0) is 0 Å². The molecule has 3 rings (SSSR count). The monoisotopic (exact) mass is 281 g/mol. The van der Waals surface area contributed by atoms with Crippen molar-refractivity contribution in [3.8, 4) is 0 Å². The van der Waals surface area contributed by atoms with Crippen molar-refractivity contribution in [1.29, 1.82) is 0 Å². The largest absolute Gasteiger partial charge is 0.343 e. The fraction of sp³-hybridized carbons (Fsp3) is 0.462. The van der Waals surface area contributed by atoms with Crippen molar-refractivity contribution in [2.45, 2.75) is 25.9 Å². The number of benzene rings is 1. The van der Waals surface area contributed by atoms with Gasteiger partial charge in [0.25, 0.3) is 0 Å². The molecule has 0 spiro atoms. The number of fused-ring (bicyclic) bond motifs is 1. The second-order valence-corrected chi connectivity index (χ2v) is 6.36. The third-order valence-electron chi connectivity index (χ3n) is 3.35. The van der Waals surface area contributed by atoms with E-state index < -0.39 is 0 Å². The first-order valence-electron chi connectivity index (χ1n) is 6.19. The fourth-order valence-corrected chi connectivity index (χ4v) is 3.65. The van der Waals surface area contributed by atoms with Crippen molar-refractivity contribution >= 4 is 38.3 Å². The number of anilines is 1. The molecule has 1 aliphatic heterocycles. The van der Waals surface area contributed by atoms with Crippen LogP contribution in [0.5, 0.6) is 0 Å². The van der Waals surface area contributed by atoms with Gasteiger partial charge < -0.3 is 10.2 Å². The number of hydrogen-bond acceptors (Lipinski definition) is 4. The van der Waals surface area contributed by atoms with Crippen LogP contribution >= 0.6 is 22.9 Å². The van der Waals surface area contributed by atoms with Crippen LogP contribution in [0.3, 0.4) is 0 Å². The van der Waals surface area contributed by atoms with Gasteiger partial charge in [0.2, 0.25) is 0 Å². The highest BCUT2D eigenvalue weighted by molar-refractivity contribution is 7.22. The van der Waals surface area contributed by atoms with Gasteiger partial charge in [-0.1, -0.05) is 22.9 Å². The second kappa shape index (κ2) is 4.68. The van der Waals surface area contributed by atoms with Gasteiger partial charge in [-0.25, -0.2) is 4.98 Å². The van der Waals surface area contributed by atoms with E-state index in [9.17, 15) is 0 Å². The van der Waals surface area contributed by atoms with E-state index in [0.29, 0.717) is 12.1 Å². The van der Waals surface area contributed by atoms with E-state index in [0.717, 1.165) is 33.5 Å². The highest BCUT2D eigenvalue weighted by Crippen LogP contribution is 2.32. The summed E-state index contributed by atoms with van der Waals surface area (Å²) in [4.78, 5) is 7.11. The molecule has 1 N–H and O–H groups in total. The van der Waals surface area contributed by atoms with Crippen molar-refractivity contribution in [2.75, 3.05) is 18.0 Å². The van der Waals surface area contributed by atoms with E-state index in [1.165, 1.54) is 0 Å². The zero-order valence-electron chi connectivity index (χ0n) is 10.5. The first-order valence-corrected chi connectivity index (χ1v) is 7.39. The fourth-order valence-electron chi connectivity index (χ4n) is 2.30. The molecule has 0 aliphatic carbocycles. The number of halogens is 1. The summed E-state index contributed by atoms with van der Waals surface area (Å²) in [5.41, 5.74) is 1.04. The molecule has 2 atom stereocenters. The van der Waals surface area contributed by atoms with E-state index in [2.05, 4.69) is 24.1 Å². The Morgan fingerprint density at radius 3 is 3.11 bits per heavy atom. The van der Waals surface area contributed by atoms with Crippen molar-refractivity contribution in [3.63, 3.8) is 0 Å². The molecule has 2 unspecified atom stereocenters. The van der Waals surface area contributed by atoms with Gasteiger partial charge in [0.15, 0.2) is 5.13 Å². The van der Waals surface area contributed by atoms with Gasteiger partial charge in [-0.3, -0.25) is 0 Å². The van der Waals surface area contributed by atoms with E-state index in [4.69, 9.17) is 16.6 Å². The predicted octanol–water partition coefficient (Wildman–Crippen LogP) is 3.14. The van der Waals surface area contributed by atoms with Crippen LogP contribution in [0.2, 0.25) is 5.02 Å². The Labute approximate surface area is 116 Å².